The van der Waals surface area contributed by atoms with Crippen LogP contribution in [0.3, 0.4) is 0 Å². The Labute approximate surface area is 75.4 Å². The van der Waals surface area contributed by atoms with E-state index in [1.165, 1.54) is 6.92 Å². The molecule has 0 N–H and O–H groups in total. The molecule has 0 aliphatic heterocycles. The van der Waals surface area contributed by atoms with Crippen molar-refractivity contribution in [1.82, 2.24) is 0 Å². The van der Waals surface area contributed by atoms with Gasteiger partial charge in [0.05, 0.1) is 14.4 Å². The van der Waals surface area contributed by atoms with Crippen molar-refractivity contribution in [3.63, 3.8) is 0 Å². The first kappa shape index (κ1) is 12.3. The lowest BCUT2D eigenvalue weighted by atomic mass is 10.4. The predicted molar refractivity (Wildman–Crippen MR) is 39.3 cm³/mol. The number of carbonyl (C=O) groups excluding carboxylic acids is 1. The number of esters is 1. The molecule has 76 valence electrons. The van der Waals surface area contributed by atoms with Crippen molar-refractivity contribution in [2.75, 3.05) is 13.2 Å². The number of carbonyl (C=O) groups is 1. The van der Waals surface area contributed by atoms with Crippen LogP contribution in [0.2, 0.25) is 0 Å². The quantitative estimate of drug-likeness (QED) is 0.247. The summed E-state index contributed by atoms with van der Waals surface area (Å²) in [7, 11) is -4.96. The largest absolute Gasteiger partial charge is 0.790 e. The Kier molecular flexibility index (Phi) is 4.87. The Balaban J connectivity index is 3.53. The van der Waals surface area contributed by atoms with Crippen LogP contribution in [0.5, 0.6) is 0 Å². The van der Waals surface area contributed by atoms with Crippen LogP contribution < -0.4 is 9.79 Å². The normalized spacial score (nSPS) is 11.0. The fourth-order valence-corrected chi connectivity index (χ4v) is 0.705. The minimum atomic E-state index is -4.96. The molecule has 0 amide bonds. The highest BCUT2D eigenvalue weighted by atomic mass is 31.2. The maximum absolute atomic E-state index is 10.7. The molecule has 0 atom stereocenters. The molecular weight excluding hydrogens is 199 g/mol. The highest BCUT2D eigenvalue weighted by Crippen LogP contribution is 2.23. The summed E-state index contributed by atoms with van der Waals surface area (Å²) in [5.41, 5.74) is 0.187. The molecule has 7 heteroatoms. The van der Waals surface area contributed by atoms with Gasteiger partial charge in [-0.1, -0.05) is 6.58 Å². The van der Waals surface area contributed by atoms with Gasteiger partial charge in [0.15, 0.2) is 0 Å². The van der Waals surface area contributed by atoms with E-state index < -0.39 is 20.4 Å². The second-order valence-electron chi connectivity index (χ2n) is 2.20. The minimum absolute atomic E-state index is 0.187. The Hall–Kier alpha value is -0.680. The van der Waals surface area contributed by atoms with Crippen LogP contribution in [0.4, 0.5) is 0 Å². The first-order valence-corrected chi connectivity index (χ1v) is 4.78. The Morgan fingerprint density at radius 3 is 2.38 bits per heavy atom. The third-order valence-corrected chi connectivity index (χ3v) is 1.41. The Bertz CT molecular complexity index is 242. The van der Waals surface area contributed by atoms with Gasteiger partial charge in [-0.2, -0.15) is 0 Å². The molecule has 0 aromatic heterocycles. The molecule has 0 unspecified atom stereocenters. The van der Waals surface area contributed by atoms with Crippen LogP contribution in [-0.4, -0.2) is 19.2 Å². The SMILES string of the molecule is C=C(C)C(=O)OCCOP(=O)([O-])[O-]. The van der Waals surface area contributed by atoms with Crippen LogP contribution >= 0.6 is 7.82 Å². The summed E-state index contributed by atoms with van der Waals surface area (Å²) in [4.78, 5) is 30.5. The summed E-state index contributed by atoms with van der Waals surface area (Å²) in [6.07, 6.45) is 0. The maximum Gasteiger partial charge on any atom is 0.333 e. The van der Waals surface area contributed by atoms with Crippen molar-refractivity contribution in [3.05, 3.63) is 12.2 Å². The van der Waals surface area contributed by atoms with Gasteiger partial charge in [0.25, 0.3) is 0 Å². The van der Waals surface area contributed by atoms with Crippen LogP contribution in [0.1, 0.15) is 6.92 Å². The van der Waals surface area contributed by atoms with Gasteiger partial charge in [-0.25, -0.2) is 4.79 Å². The van der Waals surface area contributed by atoms with E-state index in [1.807, 2.05) is 0 Å². The lowest BCUT2D eigenvalue weighted by molar-refractivity contribution is -0.342. The van der Waals surface area contributed by atoms with Crippen molar-refractivity contribution in [2.45, 2.75) is 6.92 Å². The van der Waals surface area contributed by atoms with Gasteiger partial charge in [0, 0.05) is 5.57 Å². The van der Waals surface area contributed by atoms with Gasteiger partial charge in [-0.05, 0) is 6.92 Å². The molecule has 0 aromatic rings. The molecule has 0 radical (unpaired) electrons. The average molecular weight is 208 g/mol. The lowest BCUT2D eigenvalue weighted by Gasteiger charge is -2.28. The Morgan fingerprint density at radius 2 is 2.00 bits per heavy atom. The number of ether oxygens (including phenoxy) is 1. The Morgan fingerprint density at radius 1 is 1.46 bits per heavy atom. The molecule has 0 spiro atoms. The summed E-state index contributed by atoms with van der Waals surface area (Å²) >= 11 is 0. The molecule has 0 fully saturated rings. The van der Waals surface area contributed by atoms with Gasteiger partial charge >= 0.3 is 5.97 Å². The summed E-state index contributed by atoms with van der Waals surface area (Å²) in [6.45, 7) is 3.97. The summed E-state index contributed by atoms with van der Waals surface area (Å²) in [6, 6.07) is 0. The van der Waals surface area contributed by atoms with Crippen LogP contribution in [-0.2, 0) is 18.6 Å². The predicted octanol–water partition coefficient (Wildman–Crippen LogP) is -1.05. The molecule has 0 heterocycles. The molecule has 6 nitrogen and oxygen atoms in total. The highest BCUT2D eigenvalue weighted by Gasteiger charge is 2.02. The van der Waals surface area contributed by atoms with E-state index in [0.29, 0.717) is 0 Å². The molecule has 0 saturated heterocycles. The van der Waals surface area contributed by atoms with Crippen molar-refractivity contribution < 1.29 is 28.4 Å². The van der Waals surface area contributed by atoms with Gasteiger partial charge in [0.1, 0.15) is 6.61 Å². The maximum atomic E-state index is 10.7. The number of rotatable bonds is 5. The second kappa shape index (κ2) is 5.14. The van der Waals surface area contributed by atoms with Crippen LogP contribution in [0.15, 0.2) is 12.2 Å². The van der Waals surface area contributed by atoms with Gasteiger partial charge in [0.2, 0.25) is 0 Å². The van der Waals surface area contributed by atoms with Gasteiger partial charge < -0.3 is 23.6 Å². The van der Waals surface area contributed by atoms with Crippen molar-refractivity contribution >= 4 is 13.8 Å². The number of phosphoric ester groups is 1. The molecule has 0 rings (SSSR count). The van der Waals surface area contributed by atoms with Crippen molar-refractivity contribution in [3.8, 4) is 0 Å². The third-order valence-electron chi connectivity index (χ3n) is 0.914. The van der Waals surface area contributed by atoms with Crippen molar-refractivity contribution in [1.29, 1.82) is 0 Å². The first-order valence-electron chi connectivity index (χ1n) is 3.32. The molecule has 0 aliphatic rings. The summed E-state index contributed by atoms with van der Waals surface area (Å²) < 4.78 is 18.1. The van der Waals surface area contributed by atoms with E-state index in [2.05, 4.69) is 15.8 Å². The zero-order valence-electron chi connectivity index (χ0n) is 7.02. The summed E-state index contributed by atoms with van der Waals surface area (Å²) in [5.74, 6) is -0.657. The van der Waals surface area contributed by atoms with Gasteiger partial charge in [-0.15, -0.1) is 0 Å². The number of hydrogen-bond donors (Lipinski definition) is 0. The van der Waals surface area contributed by atoms with Crippen LogP contribution in [0, 0.1) is 0 Å². The topological polar surface area (TPSA) is 98.7 Å². The molecule has 0 bridgehead atoms. The van der Waals surface area contributed by atoms with E-state index in [4.69, 9.17) is 0 Å². The summed E-state index contributed by atoms with van der Waals surface area (Å²) in [5, 5.41) is 0. The molecule has 0 aromatic carbocycles. The standard InChI is InChI=1S/C6H11O6P/c1-5(2)6(7)11-3-4-12-13(8,9)10/h1,3-4H2,2H3,(H2,8,9,10)/p-2. The first-order chi connectivity index (χ1) is 5.83. The van der Waals surface area contributed by atoms with E-state index in [-0.39, 0.29) is 12.2 Å². The van der Waals surface area contributed by atoms with E-state index in [1.54, 1.807) is 0 Å². The number of hydrogen-bond acceptors (Lipinski definition) is 6. The minimum Gasteiger partial charge on any atom is -0.790 e. The van der Waals surface area contributed by atoms with Crippen molar-refractivity contribution in [2.24, 2.45) is 0 Å². The third kappa shape index (κ3) is 7.67. The lowest BCUT2D eigenvalue weighted by Crippen LogP contribution is -2.19. The van der Waals surface area contributed by atoms with E-state index in [9.17, 15) is 19.1 Å². The molecule has 0 saturated carbocycles. The van der Waals surface area contributed by atoms with E-state index in [0.717, 1.165) is 0 Å². The van der Waals surface area contributed by atoms with Gasteiger partial charge in [-0.3, -0.25) is 0 Å². The molecule has 13 heavy (non-hydrogen) atoms. The highest BCUT2D eigenvalue weighted by molar-refractivity contribution is 7.43. The fraction of sp³-hybridized carbons (Fsp3) is 0.500. The smallest absolute Gasteiger partial charge is 0.333 e. The monoisotopic (exact) mass is 208 g/mol. The van der Waals surface area contributed by atoms with Crippen LogP contribution in [0.25, 0.3) is 0 Å². The molecular formula is C6H9O6P-2. The molecule has 0 aliphatic carbocycles. The zero-order valence-corrected chi connectivity index (χ0v) is 7.91. The number of phosphoric acid groups is 1. The average Bonchev–Trinajstić information content (AvgIpc) is 1.95. The second-order valence-corrected chi connectivity index (χ2v) is 3.35. The van der Waals surface area contributed by atoms with E-state index >= 15 is 0 Å². The fourth-order valence-electron chi connectivity index (χ4n) is 0.407. The zero-order chi connectivity index (χ0) is 10.5.